The van der Waals surface area contributed by atoms with Crippen LogP contribution in [0.3, 0.4) is 0 Å². The third kappa shape index (κ3) is 4.16. The van der Waals surface area contributed by atoms with E-state index < -0.39 is 23.3 Å². The standard InChI is InChI=1S/C19H23F3N4O/c1-3-25-10-4-5-15(25)11-23-18(27)16-12-24-26(17(16)19(20,21)22)14-8-6-13(2)7-9-14/h6-9,12,15H,3-5,10-11H2,1-2H3,(H,23,27). The fraction of sp³-hybridized carbons (Fsp3) is 0.474. The molecule has 146 valence electrons. The minimum absolute atomic E-state index is 0.167. The molecular formula is C19H23F3N4O. The lowest BCUT2D eigenvalue weighted by Gasteiger charge is -2.23. The molecule has 1 atom stereocenters. The first-order chi connectivity index (χ1) is 12.8. The first-order valence-corrected chi connectivity index (χ1v) is 9.05. The molecule has 1 aliphatic heterocycles. The quantitative estimate of drug-likeness (QED) is 0.865. The molecule has 0 bridgehead atoms. The van der Waals surface area contributed by atoms with Gasteiger partial charge in [0.15, 0.2) is 5.69 Å². The maximum atomic E-state index is 13.7. The van der Waals surface area contributed by atoms with Gasteiger partial charge >= 0.3 is 6.18 Å². The Bertz CT molecular complexity index is 798. The number of nitrogens with zero attached hydrogens (tertiary/aromatic N) is 3. The Balaban J connectivity index is 1.84. The first kappa shape index (κ1) is 19.4. The summed E-state index contributed by atoms with van der Waals surface area (Å²) in [4.78, 5) is 14.7. The highest BCUT2D eigenvalue weighted by Crippen LogP contribution is 2.33. The summed E-state index contributed by atoms with van der Waals surface area (Å²) < 4.78 is 41.8. The van der Waals surface area contributed by atoms with Crippen molar-refractivity contribution in [2.24, 2.45) is 0 Å². The Labute approximate surface area is 156 Å². The fourth-order valence-electron chi connectivity index (χ4n) is 3.52. The van der Waals surface area contributed by atoms with Gasteiger partial charge in [0.25, 0.3) is 5.91 Å². The van der Waals surface area contributed by atoms with E-state index >= 15 is 0 Å². The zero-order valence-corrected chi connectivity index (χ0v) is 15.4. The second-order valence-electron chi connectivity index (χ2n) is 6.79. The minimum atomic E-state index is -4.70. The molecule has 3 rings (SSSR count). The smallest absolute Gasteiger partial charge is 0.350 e. The van der Waals surface area contributed by atoms with Crippen LogP contribution in [0.4, 0.5) is 13.2 Å². The van der Waals surface area contributed by atoms with E-state index in [2.05, 4.69) is 15.3 Å². The number of likely N-dealkylation sites (N-methyl/N-ethyl adjacent to an activating group) is 1. The highest BCUT2D eigenvalue weighted by atomic mass is 19.4. The highest BCUT2D eigenvalue weighted by Gasteiger charge is 2.40. The predicted octanol–water partition coefficient (Wildman–Crippen LogP) is 3.41. The Morgan fingerprint density at radius 1 is 1.30 bits per heavy atom. The van der Waals surface area contributed by atoms with Gasteiger partial charge in [0, 0.05) is 12.6 Å². The number of likely N-dealkylation sites (tertiary alicyclic amines) is 1. The zero-order valence-electron chi connectivity index (χ0n) is 15.4. The van der Waals surface area contributed by atoms with Gasteiger partial charge in [-0.2, -0.15) is 18.3 Å². The number of nitrogens with one attached hydrogen (secondary N) is 1. The molecular weight excluding hydrogens is 357 g/mol. The van der Waals surface area contributed by atoms with E-state index in [1.165, 1.54) is 0 Å². The second kappa shape index (κ2) is 7.72. The third-order valence-electron chi connectivity index (χ3n) is 4.96. The van der Waals surface area contributed by atoms with E-state index in [1.807, 2.05) is 13.8 Å². The summed E-state index contributed by atoms with van der Waals surface area (Å²) in [5, 5.41) is 6.50. The van der Waals surface area contributed by atoms with Crippen molar-refractivity contribution in [3.63, 3.8) is 0 Å². The van der Waals surface area contributed by atoms with E-state index in [4.69, 9.17) is 0 Å². The van der Waals surface area contributed by atoms with Crippen LogP contribution >= 0.6 is 0 Å². The number of benzene rings is 1. The van der Waals surface area contributed by atoms with Gasteiger partial charge in [-0.1, -0.05) is 24.6 Å². The van der Waals surface area contributed by atoms with E-state index in [9.17, 15) is 18.0 Å². The van der Waals surface area contributed by atoms with Crippen LogP contribution in [-0.4, -0.2) is 46.3 Å². The normalized spacial score (nSPS) is 18.0. The molecule has 1 amide bonds. The Kier molecular flexibility index (Phi) is 5.55. The predicted molar refractivity (Wildman–Crippen MR) is 95.9 cm³/mol. The molecule has 1 fully saturated rings. The van der Waals surface area contributed by atoms with Crippen molar-refractivity contribution >= 4 is 5.91 Å². The summed E-state index contributed by atoms with van der Waals surface area (Å²) in [6, 6.07) is 6.68. The number of hydrogen-bond donors (Lipinski definition) is 1. The van der Waals surface area contributed by atoms with Crippen molar-refractivity contribution in [2.45, 2.75) is 38.9 Å². The third-order valence-corrected chi connectivity index (χ3v) is 4.96. The molecule has 1 aromatic carbocycles. The summed E-state index contributed by atoms with van der Waals surface area (Å²) in [5.41, 5.74) is -0.318. The number of aryl methyl sites for hydroxylation is 1. The molecule has 8 heteroatoms. The molecule has 1 saturated heterocycles. The topological polar surface area (TPSA) is 50.2 Å². The Hall–Kier alpha value is -2.35. The number of halogens is 3. The van der Waals surface area contributed by atoms with Crippen LogP contribution in [-0.2, 0) is 6.18 Å². The highest BCUT2D eigenvalue weighted by molar-refractivity contribution is 5.95. The molecule has 0 spiro atoms. The number of carbonyl (C=O) groups is 1. The van der Waals surface area contributed by atoms with E-state index in [0.29, 0.717) is 6.54 Å². The van der Waals surface area contributed by atoms with Crippen LogP contribution in [0.25, 0.3) is 5.69 Å². The van der Waals surface area contributed by atoms with Crippen LogP contribution in [0.15, 0.2) is 30.5 Å². The van der Waals surface area contributed by atoms with Gasteiger partial charge in [-0.15, -0.1) is 0 Å². The number of amides is 1. The summed E-state index contributed by atoms with van der Waals surface area (Å²) in [5.74, 6) is -0.747. The van der Waals surface area contributed by atoms with Crippen LogP contribution in [0.1, 0.15) is 41.4 Å². The van der Waals surface area contributed by atoms with Gasteiger partial charge in [0.05, 0.1) is 17.4 Å². The molecule has 2 aromatic rings. The Morgan fingerprint density at radius 3 is 2.63 bits per heavy atom. The van der Waals surface area contributed by atoms with Crippen LogP contribution in [0.2, 0.25) is 0 Å². The molecule has 5 nitrogen and oxygen atoms in total. The molecule has 1 N–H and O–H groups in total. The average Bonchev–Trinajstić information content (AvgIpc) is 3.26. The van der Waals surface area contributed by atoms with Gasteiger partial charge in [-0.3, -0.25) is 9.69 Å². The summed E-state index contributed by atoms with van der Waals surface area (Å²) in [6.07, 6.45) is -1.74. The maximum absolute atomic E-state index is 13.7. The van der Waals surface area contributed by atoms with Gasteiger partial charge in [0.2, 0.25) is 0 Å². The van der Waals surface area contributed by atoms with Gasteiger partial charge in [-0.05, 0) is 45.0 Å². The molecule has 1 aromatic heterocycles. The van der Waals surface area contributed by atoms with Crippen LogP contribution in [0, 0.1) is 6.92 Å². The van der Waals surface area contributed by atoms with E-state index in [-0.39, 0.29) is 11.7 Å². The number of carbonyl (C=O) groups excluding carboxylic acids is 1. The van der Waals surface area contributed by atoms with Crippen molar-refractivity contribution in [3.05, 3.63) is 47.3 Å². The second-order valence-corrected chi connectivity index (χ2v) is 6.79. The number of alkyl halides is 3. The van der Waals surface area contributed by atoms with Crippen LogP contribution in [0.5, 0.6) is 0 Å². The first-order valence-electron chi connectivity index (χ1n) is 9.05. The van der Waals surface area contributed by atoms with Crippen molar-refractivity contribution in [1.82, 2.24) is 20.0 Å². The lowest BCUT2D eigenvalue weighted by Crippen LogP contribution is -2.40. The average molecular weight is 380 g/mol. The maximum Gasteiger partial charge on any atom is 0.434 e. The van der Waals surface area contributed by atoms with Crippen molar-refractivity contribution in [1.29, 1.82) is 0 Å². The SMILES string of the molecule is CCN1CCCC1CNC(=O)c1cnn(-c2ccc(C)cc2)c1C(F)(F)F. The minimum Gasteiger partial charge on any atom is -0.350 e. The molecule has 1 aliphatic rings. The number of rotatable bonds is 5. The Morgan fingerprint density at radius 2 is 2.00 bits per heavy atom. The monoisotopic (exact) mass is 380 g/mol. The van der Waals surface area contributed by atoms with Crippen molar-refractivity contribution < 1.29 is 18.0 Å². The summed E-state index contributed by atoms with van der Waals surface area (Å²) in [7, 11) is 0. The van der Waals surface area contributed by atoms with Crippen LogP contribution < -0.4 is 5.32 Å². The fourth-order valence-corrected chi connectivity index (χ4v) is 3.52. The van der Waals surface area contributed by atoms with E-state index in [1.54, 1.807) is 24.3 Å². The summed E-state index contributed by atoms with van der Waals surface area (Å²) >= 11 is 0. The molecule has 0 aliphatic carbocycles. The van der Waals surface area contributed by atoms with Gasteiger partial charge in [-0.25, -0.2) is 4.68 Å². The lowest BCUT2D eigenvalue weighted by molar-refractivity contribution is -0.143. The largest absolute Gasteiger partial charge is 0.434 e. The molecule has 2 heterocycles. The van der Waals surface area contributed by atoms with Crippen molar-refractivity contribution in [2.75, 3.05) is 19.6 Å². The molecule has 0 radical (unpaired) electrons. The summed E-state index contributed by atoms with van der Waals surface area (Å²) in [6.45, 7) is 6.03. The van der Waals surface area contributed by atoms with Crippen molar-refractivity contribution in [3.8, 4) is 5.69 Å². The molecule has 0 saturated carbocycles. The number of aromatic nitrogens is 2. The molecule has 1 unspecified atom stereocenters. The molecule has 27 heavy (non-hydrogen) atoms. The van der Waals surface area contributed by atoms with Gasteiger partial charge in [0.1, 0.15) is 0 Å². The van der Waals surface area contributed by atoms with Gasteiger partial charge < -0.3 is 5.32 Å². The zero-order chi connectivity index (χ0) is 19.6. The number of hydrogen-bond acceptors (Lipinski definition) is 3. The van der Waals surface area contributed by atoms with E-state index in [0.717, 1.165) is 42.4 Å². The lowest BCUT2D eigenvalue weighted by atomic mass is 10.2.